The SMILES string of the molecule is Cc1ccc([C@@H](c2ccc(OC(F)(F)F)cc2)N2CCNCC2)c(F)c1F. The van der Waals surface area contributed by atoms with Crippen LogP contribution in [0, 0.1) is 18.6 Å². The summed E-state index contributed by atoms with van der Waals surface area (Å²) in [5, 5.41) is 3.19. The number of hydrogen-bond acceptors (Lipinski definition) is 3. The molecule has 3 nitrogen and oxygen atoms in total. The molecule has 0 radical (unpaired) electrons. The standard InChI is InChI=1S/C19H19F5N2O/c1-12-2-7-15(17(21)16(12)20)18(26-10-8-25-9-11-26)13-3-5-14(6-4-13)27-19(22,23)24/h2-7,18,25H,8-11H2,1H3/t18-/m1/s1. The monoisotopic (exact) mass is 386 g/mol. The van der Waals surface area contributed by atoms with E-state index in [2.05, 4.69) is 10.1 Å². The summed E-state index contributed by atoms with van der Waals surface area (Å²) in [6.07, 6.45) is -4.79. The van der Waals surface area contributed by atoms with Gasteiger partial charge in [-0.2, -0.15) is 0 Å². The summed E-state index contributed by atoms with van der Waals surface area (Å²) >= 11 is 0. The lowest BCUT2D eigenvalue weighted by atomic mass is 9.94. The second-order valence-corrected chi connectivity index (χ2v) is 6.40. The van der Waals surface area contributed by atoms with Gasteiger partial charge in [0.1, 0.15) is 5.75 Å². The summed E-state index contributed by atoms with van der Waals surface area (Å²) in [4.78, 5) is 1.98. The summed E-state index contributed by atoms with van der Waals surface area (Å²) in [6.45, 7) is 4.04. The molecule has 1 saturated heterocycles. The van der Waals surface area contributed by atoms with Crippen LogP contribution < -0.4 is 10.1 Å². The Kier molecular flexibility index (Phi) is 5.67. The van der Waals surface area contributed by atoms with Crippen LogP contribution in [0.3, 0.4) is 0 Å². The lowest BCUT2D eigenvalue weighted by Crippen LogP contribution is -2.45. The quantitative estimate of drug-likeness (QED) is 0.799. The molecule has 8 heteroatoms. The molecular weight excluding hydrogens is 367 g/mol. The van der Waals surface area contributed by atoms with Crippen molar-refractivity contribution in [3.05, 3.63) is 64.7 Å². The van der Waals surface area contributed by atoms with E-state index >= 15 is 0 Å². The van der Waals surface area contributed by atoms with E-state index in [0.717, 1.165) is 0 Å². The summed E-state index contributed by atoms with van der Waals surface area (Å²) in [5.41, 5.74) is 0.919. The number of aryl methyl sites for hydroxylation is 1. The van der Waals surface area contributed by atoms with Crippen molar-refractivity contribution >= 4 is 0 Å². The van der Waals surface area contributed by atoms with E-state index in [1.165, 1.54) is 43.3 Å². The number of nitrogens with one attached hydrogen (secondary N) is 1. The summed E-state index contributed by atoms with van der Waals surface area (Å²) in [7, 11) is 0. The molecule has 3 rings (SSSR count). The van der Waals surface area contributed by atoms with Gasteiger partial charge in [0.15, 0.2) is 11.6 Å². The molecule has 2 aromatic carbocycles. The molecule has 0 aromatic heterocycles. The summed E-state index contributed by atoms with van der Waals surface area (Å²) in [5.74, 6) is -2.21. The predicted molar refractivity (Wildman–Crippen MR) is 90.5 cm³/mol. The third kappa shape index (κ3) is 4.56. The fraction of sp³-hybridized carbons (Fsp3) is 0.368. The van der Waals surface area contributed by atoms with E-state index in [-0.39, 0.29) is 16.9 Å². The molecule has 1 aliphatic heterocycles. The Morgan fingerprint density at radius 3 is 2.19 bits per heavy atom. The number of benzene rings is 2. The van der Waals surface area contributed by atoms with Gasteiger partial charge in [0.05, 0.1) is 6.04 Å². The normalized spacial score (nSPS) is 17.0. The highest BCUT2D eigenvalue weighted by atomic mass is 19.4. The first-order chi connectivity index (χ1) is 12.8. The fourth-order valence-electron chi connectivity index (χ4n) is 3.25. The van der Waals surface area contributed by atoms with Gasteiger partial charge in [0.2, 0.25) is 0 Å². The third-order valence-electron chi connectivity index (χ3n) is 4.55. The number of halogens is 5. The van der Waals surface area contributed by atoms with Gasteiger partial charge in [-0.05, 0) is 30.2 Å². The number of alkyl halides is 3. The number of ether oxygens (including phenoxy) is 1. The van der Waals surface area contributed by atoms with Crippen molar-refractivity contribution in [1.29, 1.82) is 0 Å². The molecular formula is C19H19F5N2O. The minimum absolute atomic E-state index is 0.157. The molecule has 0 unspecified atom stereocenters. The zero-order valence-electron chi connectivity index (χ0n) is 14.6. The second-order valence-electron chi connectivity index (χ2n) is 6.40. The van der Waals surface area contributed by atoms with Crippen LogP contribution >= 0.6 is 0 Å². The maximum absolute atomic E-state index is 14.7. The molecule has 146 valence electrons. The topological polar surface area (TPSA) is 24.5 Å². The van der Waals surface area contributed by atoms with Crippen molar-refractivity contribution in [2.24, 2.45) is 0 Å². The van der Waals surface area contributed by atoms with E-state index in [0.29, 0.717) is 31.7 Å². The van der Waals surface area contributed by atoms with Crippen LogP contribution in [0.2, 0.25) is 0 Å². The number of rotatable bonds is 4. The highest BCUT2D eigenvalue weighted by molar-refractivity contribution is 5.38. The van der Waals surface area contributed by atoms with Crippen LogP contribution in [0.4, 0.5) is 22.0 Å². The largest absolute Gasteiger partial charge is 0.573 e. The summed E-state index contributed by atoms with van der Waals surface area (Å²) < 4.78 is 69.8. The average molecular weight is 386 g/mol. The van der Waals surface area contributed by atoms with Gasteiger partial charge in [0, 0.05) is 31.7 Å². The van der Waals surface area contributed by atoms with Gasteiger partial charge in [-0.15, -0.1) is 13.2 Å². The first-order valence-corrected chi connectivity index (χ1v) is 8.51. The van der Waals surface area contributed by atoms with Crippen molar-refractivity contribution in [1.82, 2.24) is 10.2 Å². The Morgan fingerprint density at radius 2 is 1.59 bits per heavy atom. The van der Waals surface area contributed by atoms with E-state index < -0.39 is 24.0 Å². The minimum atomic E-state index is -4.79. The van der Waals surface area contributed by atoms with Gasteiger partial charge >= 0.3 is 6.36 Å². The Morgan fingerprint density at radius 1 is 0.963 bits per heavy atom. The van der Waals surface area contributed by atoms with Gasteiger partial charge in [0.25, 0.3) is 0 Å². The maximum Gasteiger partial charge on any atom is 0.573 e. The Labute approximate surface area is 153 Å². The fourth-order valence-corrected chi connectivity index (χ4v) is 3.25. The highest BCUT2D eigenvalue weighted by Crippen LogP contribution is 2.34. The molecule has 1 aliphatic rings. The molecule has 0 aliphatic carbocycles. The maximum atomic E-state index is 14.7. The summed E-state index contributed by atoms with van der Waals surface area (Å²) in [6, 6.07) is 7.68. The third-order valence-corrected chi connectivity index (χ3v) is 4.55. The van der Waals surface area contributed by atoms with E-state index in [4.69, 9.17) is 0 Å². The van der Waals surface area contributed by atoms with Crippen LogP contribution in [0.5, 0.6) is 5.75 Å². The molecule has 0 saturated carbocycles. The molecule has 0 spiro atoms. The van der Waals surface area contributed by atoms with Crippen molar-refractivity contribution < 1.29 is 26.7 Å². The van der Waals surface area contributed by atoms with Gasteiger partial charge in [-0.25, -0.2) is 8.78 Å². The van der Waals surface area contributed by atoms with Crippen molar-refractivity contribution in [3.8, 4) is 5.75 Å². The van der Waals surface area contributed by atoms with Crippen molar-refractivity contribution in [2.75, 3.05) is 26.2 Å². The van der Waals surface area contributed by atoms with E-state index in [1.54, 1.807) is 0 Å². The molecule has 1 atom stereocenters. The Hall–Kier alpha value is -2.19. The predicted octanol–water partition coefficient (Wildman–Crippen LogP) is 4.17. The minimum Gasteiger partial charge on any atom is -0.406 e. The van der Waals surface area contributed by atoms with Gasteiger partial charge in [-0.3, -0.25) is 4.90 Å². The van der Waals surface area contributed by atoms with Crippen LogP contribution in [-0.4, -0.2) is 37.4 Å². The molecule has 1 N–H and O–H groups in total. The van der Waals surface area contributed by atoms with Gasteiger partial charge in [-0.1, -0.05) is 24.3 Å². The molecule has 0 bridgehead atoms. The number of hydrogen-bond donors (Lipinski definition) is 1. The van der Waals surface area contributed by atoms with Crippen LogP contribution in [0.25, 0.3) is 0 Å². The highest BCUT2D eigenvalue weighted by Gasteiger charge is 2.32. The van der Waals surface area contributed by atoms with Crippen molar-refractivity contribution in [2.45, 2.75) is 19.3 Å². The Balaban J connectivity index is 1.99. The lowest BCUT2D eigenvalue weighted by Gasteiger charge is -2.36. The Bertz CT molecular complexity index is 786. The first kappa shape index (κ1) is 19.6. The number of nitrogens with zero attached hydrogens (tertiary/aromatic N) is 1. The van der Waals surface area contributed by atoms with Crippen LogP contribution in [0.15, 0.2) is 36.4 Å². The number of piperazine rings is 1. The molecule has 1 fully saturated rings. The van der Waals surface area contributed by atoms with E-state index in [9.17, 15) is 22.0 Å². The average Bonchev–Trinajstić information content (AvgIpc) is 2.63. The smallest absolute Gasteiger partial charge is 0.406 e. The zero-order valence-corrected chi connectivity index (χ0v) is 14.6. The van der Waals surface area contributed by atoms with Gasteiger partial charge < -0.3 is 10.1 Å². The lowest BCUT2D eigenvalue weighted by molar-refractivity contribution is -0.274. The zero-order chi connectivity index (χ0) is 19.6. The first-order valence-electron chi connectivity index (χ1n) is 8.51. The molecule has 0 amide bonds. The van der Waals surface area contributed by atoms with Crippen molar-refractivity contribution in [3.63, 3.8) is 0 Å². The second kappa shape index (κ2) is 7.82. The molecule has 1 heterocycles. The van der Waals surface area contributed by atoms with E-state index in [1.807, 2.05) is 4.90 Å². The van der Waals surface area contributed by atoms with Crippen LogP contribution in [0.1, 0.15) is 22.7 Å². The molecule has 27 heavy (non-hydrogen) atoms. The van der Waals surface area contributed by atoms with Crippen LogP contribution in [-0.2, 0) is 0 Å². The molecule has 2 aromatic rings.